The first-order valence-electron chi connectivity index (χ1n) is 14.0. The van der Waals surface area contributed by atoms with E-state index in [0.717, 1.165) is 54.5 Å². The second-order valence-electron chi connectivity index (χ2n) is 10.2. The molecule has 202 valence electrons. The lowest BCUT2D eigenvalue weighted by Gasteiger charge is -2.11. The van der Waals surface area contributed by atoms with Gasteiger partial charge in [0.25, 0.3) is 0 Å². The summed E-state index contributed by atoms with van der Waals surface area (Å²) in [6.07, 6.45) is 5.60. The van der Waals surface area contributed by atoms with Gasteiger partial charge in [-0.25, -0.2) is 15.0 Å². The molecule has 8 rings (SSSR count). The molecule has 43 heavy (non-hydrogen) atoms. The van der Waals surface area contributed by atoms with Gasteiger partial charge in [0.05, 0.1) is 10.2 Å². The van der Waals surface area contributed by atoms with Crippen molar-refractivity contribution in [3.05, 3.63) is 140 Å². The number of fused-ring (bicyclic) bond motifs is 3. The van der Waals surface area contributed by atoms with Gasteiger partial charge in [0.15, 0.2) is 17.5 Å². The smallest absolute Gasteiger partial charge is 0.164 e. The van der Waals surface area contributed by atoms with Gasteiger partial charge in [0.2, 0.25) is 0 Å². The largest absolute Gasteiger partial charge is 0.264 e. The van der Waals surface area contributed by atoms with Crippen molar-refractivity contribution in [2.45, 2.75) is 0 Å². The molecule has 0 radical (unpaired) electrons. The lowest BCUT2D eigenvalue weighted by atomic mass is 10.0. The zero-order valence-electron chi connectivity index (χ0n) is 22.9. The number of thiophene rings is 1. The molecule has 4 aromatic carbocycles. The Bertz CT molecular complexity index is 2240. The van der Waals surface area contributed by atoms with E-state index in [4.69, 9.17) is 19.9 Å². The Balaban J connectivity index is 1.28. The lowest BCUT2D eigenvalue weighted by Crippen LogP contribution is -2.00. The predicted octanol–water partition coefficient (Wildman–Crippen LogP) is 9.36. The van der Waals surface area contributed by atoms with E-state index in [1.165, 1.54) is 4.70 Å². The van der Waals surface area contributed by atoms with Crippen LogP contribution in [-0.4, -0.2) is 24.9 Å². The van der Waals surface area contributed by atoms with Crippen molar-refractivity contribution in [3.8, 4) is 56.4 Å². The highest BCUT2D eigenvalue weighted by molar-refractivity contribution is 7.26. The number of hydrogen-bond donors (Lipinski definition) is 0. The number of benzene rings is 4. The fraction of sp³-hybridized carbons (Fsp3) is 0. The minimum Gasteiger partial charge on any atom is -0.264 e. The van der Waals surface area contributed by atoms with Gasteiger partial charge in [-0.15, -0.1) is 11.3 Å². The van der Waals surface area contributed by atoms with Crippen LogP contribution >= 0.6 is 11.3 Å². The summed E-state index contributed by atoms with van der Waals surface area (Å²) in [6, 6.07) is 41.3. The molecule has 5 nitrogen and oxygen atoms in total. The van der Waals surface area contributed by atoms with Crippen LogP contribution in [0.2, 0.25) is 0 Å². The third-order valence-corrected chi connectivity index (χ3v) is 8.67. The van der Waals surface area contributed by atoms with Crippen LogP contribution in [-0.2, 0) is 0 Å². The third kappa shape index (κ3) is 4.74. The van der Waals surface area contributed by atoms with Gasteiger partial charge >= 0.3 is 0 Å². The maximum absolute atomic E-state index is 5.03. The second kappa shape index (κ2) is 10.7. The highest BCUT2D eigenvalue weighted by Crippen LogP contribution is 2.39. The molecule has 0 saturated heterocycles. The Hall–Kier alpha value is -5.59. The molecule has 4 heterocycles. The molecular weight excluding hydrogens is 547 g/mol. The molecule has 0 amide bonds. The van der Waals surface area contributed by atoms with Crippen molar-refractivity contribution < 1.29 is 0 Å². The molecule has 0 aliphatic rings. The average molecular weight is 570 g/mol. The number of rotatable bonds is 5. The van der Waals surface area contributed by atoms with Crippen LogP contribution < -0.4 is 0 Å². The quantitative estimate of drug-likeness (QED) is 0.207. The van der Waals surface area contributed by atoms with Crippen molar-refractivity contribution in [2.24, 2.45) is 0 Å². The third-order valence-electron chi connectivity index (χ3n) is 7.48. The molecule has 0 N–H and O–H groups in total. The number of nitrogens with zero attached hydrogens (tertiary/aromatic N) is 5. The Morgan fingerprint density at radius 1 is 0.465 bits per heavy atom. The van der Waals surface area contributed by atoms with Crippen LogP contribution in [0.1, 0.15) is 0 Å². The van der Waals surface area contributed by atoms with Gasteiger partial charge in [0, 0.05) is 50.9 Å². The molecule has 0 bridgehead atoms. The van der Waals surface area contributed by atoms with E-state index in [0.29, 0.717) is 17.5 Å². The Morgan fingerprint density at radius 2 is 1.05 bits per heavy atom. The lowest BCUT2D eigenvalue weighted by molar-refractivity contribution is 1.07. The summed E-state index contributed by atoms with van der Waals surface area (Å²) in [5.74, 6) is 1.90. The summed E-state index contributed by atoms with van der Waals surface area (Å²) in [5, 5.41) is 1.08. The molecule has 0 spiro atoms. The predicted molar refractivity (Wildman–Crippen MR) is 175 cm³/mol. The van der Waals surface area contributed by atoms with Gasteiger partial charge in [-0.2, -0.15) is 0 Å². The molecule has 6 heteroatoms. The van der Waals surface area contributed by atoms with Crippen LogP contribution in [0.3, 0.4) is 0 Å². The molecule has 0 fully saturated rings. The minimum atomic E-state index is 0.627. The summed E-state index contributed by atoms with van der Waals surface area (Å²) in [6.45, 7) is 0. The number of hydrogen-bond acceptors (Lipinski definition) is 6. The van der Waals surface area contributed by atoms with Crippen LogP contribution in [0.25, 0.3) is 76.7 Å². The van der Waals surface area contributed by atoms with Crippen LogP contribution in [0.15, 0.2) is 140 Å². The monoisotopic (exact) mass is 569 g/mol. The maximum atomic E-state index is 5.03. The molecule has 0 aliphatic heterocycles. The van der Waals surface area contributed by atoms with Gasteiger partial charge in [-0.3, -0.25) is 9.97 Å². The molecule has 4 aromatic heterocycles. The Morgan fingerprint density at radius 3 is 1.77 bits per heavy atom. The topological polar surface area (TPSA) is 64.5 Å². The average Bonchev–Trinajstić information content (AvgIpc) is 3.48. The van der Waals surface area contributed by atoms with Crippen molar-refractivity contribution in [1.82, 2.24) is 24.9 Å². The summed E-state index contributed by atoms with van der Waals surface area (Å²) < 4.78 is 2.31. The van der Waals surface area contributed by atoms with Gasteiger partial charge in [-0.05, 0) is 41.0 Å². The minimum absolute atomic E-state index is 0.627. The first kappa shape index (κ1) is 25.1. The highest BCUT2D eigenvalue weighted by Gasteiger charge is 2.15. The zero-order chi connectivity index (χ0) is 28.6. The second-order valence-corrected chi connectivity index (χ2v) is 11.3. The SMILES string of the molecule is c1ccc(-c2cccc(-c3nc(-c4ccccc4)nc(-c4cccc(-c5ccnc6c5sc5ccncc56)c4)n3)c2)cc1. The molecule has 0 unspecified atom stereocenters. The van der Waals surface area contributed by atoms with E-state index >= 15 is 0 Å². The number of pyridine rings is 2. The van der Waals surface area contributed by atoms with E-state index in [1.807, 2.05) is 61.1 Å². The first-order valence-corrected chi connectivity index (χ1v) is 14.8. The van der Waals surface area contributed by atoms with E-state index < -0.39 is 0 Å². The van der Waals surface area contributed by atoms with Crippen LogP contribution in [0.5, 0.6) is 0 Å². The van der Waals surface area contributed by atoms with E-state index in [-0.39, 0.29) is 0 Å². The highest BCUT2D eigenvalue weighted by atomic mass is 32.1. The van der Waals surface area contributed by atoms with E-state index in [9.17, 15) is 0 Å². The van der Waals surface area contributed by atoms with Gasteiger partial charge in [0.1, 0.15) is 0 Å². The Kier molecular flexibility index (Phi) is 6.24. The van der Waals surface area contributed by atoms with Crippen molar-refractivity contribution in [2.75, 3.05) is 0 Å². The van der Waals surface area contributed by atoms with Crippen molar-refractivity contribution in [3.63, 3.8) is 0 Å². The van der Waals surface area contributed by atoms with Gasteiger partial charge < -0.3 is 0 Å². The summed E-state index contributed by atoms with van der Waals surface area (Å²) >= 11 is 1.74. The van der Waals surface area contributed by atoms with Crippen LogP contribution in [0.4, 0.5) is 0 Å². The van der Waals surface area contributed by atoms with Crippen LogP contribution in [0, 0.1) is 0 Å². The van der Waals surface area contributed by atoms with Crippen molar-refractivity contribution >= 4 is 31.6 Å². The van der Waals surface area contributed by atoms with E-state index in [1.54, 1.807) is 11.3 Å². The van der Waals surface area contributed by atoms with Gasteiger partial charge in [-0.1, -0.05) is 97.1 Å². The standard InChI is InChI=1S/C37H23N5S/c1-3-9-24(10-4-1)26-13-7-15-28(21-26)36-40-35(25-11-5-2-6-12-25)41-37(42-36)29-16-8-14-27(22-29)30-17-20-39-33-31-23-38-19-18-32(31)43-34(30)33/h1-23H. The fourth-order valence-electron chi connectivity index (χ4n) is 5.37. The van der Waals surface area contributed by atoms with Crippen molar-refractivity contribution in [1.29, 1.82) is 0 Å². The number of aromatic nitrogens is 5. The maximum Gasteiger partial charge on any atom is 0.164 e. The molecule has 8 aromatic rings. The first-order chi connectivity index (χ1) is 21.3. The summed E-state index contributed by atoms with van der Waals surface area (Å²) in [7, 11) is 0. The summed E-state index contributed by atoms with van der Waals surface area (Å²) in [4.78, 5) is 24.0. The zero-order valence-corrected chi connectivity index (χ0v) is 23.7. The van der Waals surface area contributed by atoms with E-state index in [2.05, 4.69) is 83.8 Å². The normalized spacial score (nSPS) is 11.3. The Labute approximate surface area is 252 Å². The molecule has 0 aliphatic carbocycles. The fourth-order valence-corrected chi connectivity index (χ4v) is 6.54. The summed E-state index contributed by atoms with van der Waals surface area (Å²) in [5.41, 5.74) is 8.25. The molecule has 0 atom stereocenters. The molecule has 0 saturated carbocycles. The molecular formula is C37H23N5S.